The first-order valence-electron chi connectivity index (χ1n) is 8.88. The fourth-order valence-electron chi connectivity index (χ4n) is 3.19. The normalized spacial score (nSPS) is 16.9. The van der Waals surface area contributed by atoms with Gasteiger partial charge in [0.05, 0.1) is 16.8 Å². The number of anilines is 2. The Morgan fingerprint density at radius 2 is 1.85 bits per heavy atom. The van der Waals surface area contributed by atoms with E-state index in [0.717, 1.165) is 25.1 Å². The van der Waals surface area contributed by atoms with Gasteiger partial charge >= 0.3 is 0 Å². The number of para-hydroxylation sites is 1. The van der Waals surface area contributed by atoms with Crippen LogP contribution in [0.5, 0.6) is 0 Å². The number of benzene rings is 2. The molecule has 2 aromatic rings. The molecule has 1 unspecified atom stereocenters. The van der Waals surface area contributed by atoms with Crippen LogP contribution in [0.1, 0.15) is 19.3 Å². The predicted octanol–water partition coefficient (Wildman–Crippen LogP) is 4.43. The van der Waals surface area contributed by atoms with Gasteiger partial charge in [-0.25, -0.2) is 0 Å². The molecule has 1 fully saturated rings. The number of carbonyl (C=O) groups is 2. The molecule has 27 heavy (non-hydrogen) atoms. The summed E-state index contributed by atoms with van der Waals surface area (Å²) in [5.41, 5.74) is 1.27. The third kappa shape index (κ3) is 5.45. The van der Waals surface area contributed by atoms with E-state index in [2.05, 4.69) is 10.6 Å². The molecular weight excluding hydrogens is 385 g/mol. The maximum atomic E-state index is 12.7. The van der Waals surface area contributed by atoms with Gasteiger partial charge in [0, 0.05) is 23.7 Å². The highest BCUT2D eigenvalue weighted by Gasteiger charge is 2.31. The van der Waals surface area contributed by atoms with Crippen LogP contribution in [0, 0.1) is 0 Å². The van der Waals surface area contributed by atoms with Gasteiger partial charge in [-0.3, -0.25) is 14.5 Å². The topological polar surface area (TPSA) is 61.4 Å². The van der Waals surface area contributed by atoms with Crippen molar-refractivity contribution in [1.29, 1.82) is 0 Å². The number of likely N-dealkylation sites (tertiary alicyclic amines) is 1. The standard InChI is InChI=1S/C20H21Cl2N3O2/c21-14-8-9-16(22)17(13-14)24-20(27)18-7-4-11-25(18)12-10-19(26)23-15-5-2-1-3-6-15/h1-3,5-6,8-9,13,18H,4,7,10-12H2,(H,23,26)(H,24,27). The van der Waals surface area contributed by atoms with Crippen molar-refractivity contribution >= 4 is 46.4 Å². The molecule has 1 heterocycles. The Kier molecular flexibility index (Phi) is 6.72. The van der Waals surface area contributed by atoms with E-state index >= 15 is 0 Å². The number of hydrogen-bond acceptors (Lipinski definition) is 3. The molecule has 0 bridgehead atoms. The molecule has 2 N–H and O–H groups in total. The van der Waals surface area contributed by atoms with Crippen LogP contribution in [-0.4, -0.2) is 35.8 Å². The van der Waals surface area contributed by atoms with Crippen LogP contribution in [0.4, 0.5) is 11.4 Å². The summed E-state index contributed by atoms with van der Waals surface area (Å²) in [5.74, 6) is -0.190. The zero-order valence-electron chi connectivity index (χ0n) is 14.8. The van der Waals surface area contributed by atoms with E-state index < -0.39 is 0 Å². The lowest BCUT2D eigenvalue weighted by atomic mass is 10.2. The van der Waals surface area contributed by atoms with E-state index in [1.807, 2.05) is 35.2 Å². The van der Waals surface area contributed by atoms with Crippen molar-refractivity contribution in [2.75, 3.05) is 23.7 Å². The molecule has 0 aromatic heterocycles. The van der Waals surface area contributed by atoms with Crippen molar-refractivity contribution < 1.29 is 9.59 Å². The summed E-state index contributed by atoms with van der Waals surface area (Å²) in [6.45, 7) is 1.32. The second-order valence-corrected chi connectivity index (χ2v) is 7.32. The minimum absolute atomic E-state index is 0.0647. The third-order valence-electron chi connectivity index (χ3n) is 4.54. The van der Waals surface area contributed by atoms with Gasteiger partial charge in [0.2, 0.25) is 11.8 Å². The first-order chi connectivity index (χ1) is 13.0. The number of nitrogens with zero attached hydrogens (tertiary/aromatic N) is 1. The zero-order chi connectivity index (χ0) is 19.2. The lowest BCUT2D eigenvalue weighted by molar-refractivity contribution is -0.121. The molecule has 142 valence electrons. The smallest absolute Gasteiger partial charge is 0.241 e. The number of rotatable bonds is 6. The Morgan fingerprint density at radius 1 is 1.07 bits per heavy atom. The van der Waals surface area contributed by atoms with E-state index in [1.54, 1.807) is 18.2 Å². The van der Waals surface area contributed by atoms with Gasteiger partial charge in [-0.1, -0.05) is 41.4 Å². The molecule has 0 saturated carbocycles. The van der Waals surface area contributed by atoms with Crippen LogP contribution >= 0.6 is 23.2 Å². The van der Waals surface area contributed by atoms with Crippen molar-refractivity contribution in [1.82, 2.24) is 4.90 Å². The number of amides is 2. The SMILES string of the molecule is O=C(CCN1CCCC1C(=O)Nc1cc(Cl)ccc1Cl)Nc1ccccc1. The van der Waals surface area contributed by atoms with Gasteiger partial charge in [0.25, 0.3) is 0 Å². The average Bonchev–Trinajstić information content (AvgIpc) is 3.13. The molecule has 1 aliphatic heterocycles. The Morgan fingerprint density at radius 3 is 2.63 bits per heavy atom. The zero-order valence-corrected chi connectivity index (χ0v) is 16.3. The molecule has 0 aliphatic carbocycles. The number of carbonyl (C=O) groups excluding carboxylic acids is 2. The maximum absolute atomic E-state index is 12.7. The van der Waals surface area contributed by atoms with Gasteiger partial charge < -0.3 is 10.6 Å². The van der Waals surface area contributed by atoms with Gasteiger partial charge in [0.1, 0.15) is 0 Å². The fourth-order valence-corrected chi connectivity index (χ4v) is 3.53. The monoisotopic (exact) mass is 405 g/mol. The van der Waals surface area contributed by atoms with Gasteiger partial charge in [0.15, 0.2) is 0 Å². The Labute approximate surface area is 168 Å². The highest BCUT2D eigenvalue weighted by atomic mass is 35.5. The Hall–Kier alpha value is -2.08. The van der Waals surface area contributed by atoms with Crippen LogP contribution in [-0.2, 0) is 9.59 Å². The van der Waals surface area contributed by atoms with Crippen molar-refractivity contribution in [3.63, 3.8) is 0 Å². The summed E-state index contributed by atoms with van der Waals surface area (Å²) < 4.78 is 0. The number of nitrogens with one attached hydrogen (secondary N) is 2. The average molecular weight is 406 g/mol. The van der Waals surface area contributed by atoms with Crippen molar-refractivity contribution in [2.24, 2.45) is 0 Å². The van der Waals surface area contributed by atoms with E-state index in [1.165, 1.54) is 0 Å². The van der Waals surface area contributed by atoms with E-state index in [4.69, 9.17) is 23.2 Å². The highest BCUT2D eigenvalue weighted by molar-refractivity contribution is 6.35. The largest absolute Gasteiger partial charge is 0.326 e. The second kappa shape index (κ2) is 9.22. The molecule has 3 rings (SSSR count). The van der Waals surface area contributed by atoms with Crippen LogP contribution < -0.4 is 10.6 Å². The maximum Gasteiger partial charge on any atom is 0.241 e. The van der Waals surface area contributed by atoms with Crippen LogP contribution in [0.25, 0.3) is 0 Å². The summed E-state index contributed by atoms with van der Waals surface area (Å²) in [4.78, 5) is 26.9. The minimum atomic E-state index is -0.274. The molecule has 5 nitrogen and oxygen atoms in total. The Balaban J connectivity index is 1.54. The molecular formula is C20H21Cl2N3O2. The molecule has 0 spiro atoms. The first-order valence-corrected chi connectivity index (χ1v) is 9.63. The second-order valence-electron chi connectivity index (χ2n) is 6.47. The molecule has 0 radical (unpaired) electrons. The van der Waals surface area contributed by atoms with Gasteiger partial charge in [-0.15, -0.1) is 0 Å². The lowest BCUT2D eigenvalue weighted by Gasteiger charge is -2.23. The molecule has 2 aromatic carbocycles. The van der Waals surface area contributed by atoms with Crippen molar-refractivity contribution in [2.45, 2.75) is 25.3 Å². The van der Waals surface area contributed by atoms with Crippen LogP contribution in [0.3, 0.4) is 0 Å². The van der Waals surface area contributed by atoms with Crippen LogP contribution in [0.15, 0.2) is 48.5 Å². The first kappa shape index (κ1) is 19.7. The molecule has 1 atom stereocenters. The lowest BCUT2D eigenvalue weighted by Crippen LogP contribution is -2.41. The summed E-state index contributed by atoms with van der Waals surface area (Å²) in [6, 6.07) is 14.0. The van der Waals surface area contributed by atoms with E-state index in [9.17, 15) is 9.59 Å². The highest BCUT2D eigenvalue weighted by Crippen LogP contribution is 2.27. The molecule has 2 amide bonds. The quantitative estimate of drug-likeness (QED) is 0.747. The molecule has 7 heteroatoms. The minimum Gasteiger partial charge on any atom is -0.326 e. The molecule has 1 aliphatic rings. The van der Waals surface area contributed by atoms with Gasteiger partial charge in [-0.05, 0) is 49.7 Å². The van der Waals surface area contributed by atoms with E-state index in [-0.39, 0.29) is 17.9 Å². The van der Waals surface area contributed by atoms with Crippen LogP contribution in [0.2, 0.25) is 10.0 Å². The number of halogens is 2. The van der Waals surface area contributed by atoms with Gasteiger partial charge in [-0.2, -0.15) is 0 Å². The predicted molar refractivity (Wildman–Crippen MR) is 109 cm³/mol. The summed E-state index contributed by atoms with van der Waals surface area (Å²) >= 11 is 12.1. The summed E-state index contributed by atoms with van der Waals surface area (Å²) in [5, 5.41) is 6.67. The number of hydrogen-bond donors (Lipinski definition) is 2. The fraction of sp³-hybridized carbons (Fsp3) is 0.300. The van der Waals surface area contributed by atoms with E-state index in [0.29, 0.717) is 28.7 Å². The summed E-state index contributed by atoms with van der Waals surface area (Å²) in [7, 11) is 0. The third-order valence-corrected chi connectivity index (χ3v) is 5.10. The molecule has 1 saturated heterocycles. The summed E-state index contributed by atoms with van der Waals surface area (Å²) in [6.07, 6.45) is 2.00. The van der Waals surface area contributed by atoms with Crippen molar-refractivity contribution in [3.05, 3.63) is 58.6 Å². The van der Waals surface area contributed by atoms with Crippen molar-refractivity contribution in [3.8, 4) is 0 Å². The Bertz CT molecular complexity index is 814.